The molecule has 0 unspecified atom stereocenters. The molecule has 0 aliphatic carbocycles. The summed E-state index contributed by atoms with van der Waals surface area (Å²) in [6.45, 7) is 4.63. The molecule has 124 valence electrons. The number of thioether (sulfide) groups is 1. The molecular weight excluding hydrogens is 312 g/mol. The number of benzene rings is 1. The summed E-state index contributed by atoms with van der Waals surface area (Å²) in [6.07, 6.45) is 4.26. The van der Waals surface area contributed by atoms with Gasteiger partial charge in [0, 0.05) is 6.42 Å². The van der Waals surface area contributed by atoms with Crippen molar-refractivity contribution in [2.24, 2.45) is 0 Å². The summed E-state index contributed by atoms with van der Waals surface area (Å²) in [6, 6.07) is 7.60. The summed E-state index contributed by atoms with van der Waals surface area (Å²) in [5, 5.41) is 5.45. The Morgan fingerprint density at radius 3 is 2.61 bits per heavy atom. The van der Waals surface area contributed by atoms with E-state index in [0.717, 1.165) is 11.3 Å². The van der Waals surface area contributed by atoms with E-state index in [2.05, 4.69) is 10.6 Å². The maximum absolute atomic E-state index is 12.2. The lowest BCUT2D eigenvalue weighted by Gasteiger charge is -2.35. The van der Waals surface area contributed by atoms with E-state index in [-0.39, 0.29) is 18.4 Å². The number of rotatable bonds is 6. The van der Waals surface area contributed by atoms with Gasteiger partial charge in [0.2, 0.25) is 5.91 Å². The molecule has 0 radical (unpaired) electrons. The Kier molecular flexibility index (Phi) is 5.71. The zero-order valence-corrected chi connectivity index (χ0v) is 14.5. The number of carbonyl (C=O) groups is 2. The summed E-state index contributed by atoms with van der Waals surface area (Å²) in [5.74, 6) is 0.454. The Bertz CT molecular complexity index is 609. The Balaban J connectivity index is 2.05. The van der Waals surface area contributed by atoms with Crippen LogP contribution < -0.4 is 15.4 Å². The third-order valence-electron chi connectivity index (χ3n) is 3.58. The van der Waals surface area contributed by atoms with Crippen LogP contribution in [0.2, 0.25) is 0 Å². The molecule has 5 nitrogen and oxygen atoms in total. The number of hydrogen-bond donors (Lipinski definition) is 2. The largest absolute Gasteiger partial charge is 0.490 e. The first-order chi connectivity index (χ1) is 10.9. The van der Waals surface area contributed by atoms with E-state index in [1.165, 1.54) is 17.3 Å². The van der Waals surface area contributed by atoms with Crippen LogP contribution in [-0.2, 0) is 16.0 Å². The summed E-state index contributed by atoms with van der Waals surface area (Å²) in [7, 11) is 0. The van der Waals surface area contributed by atoms with E-state index < -0.39 is 4.87 Å². The Labute approximate surface area is 140 Å². The molecule has 1 saturated heterocycles. The number of hydrogen-bond acceptors (Lipinski definition) is 4. The fourth-order valence-corrected chi connectivity index (χ4v) is 3.05. The number of ether oxygens (including phenoxy) is 1. The van der Waals surface area contributed by atoms with Crippen LogP contribution >= 0.6 is 11.8 Å². The fourth-order valence-electron chi connectivity index (χ4n) is 2.27. The van der Waals surface area contributed by atoms with Crippen LogP contribution in [0.1, 0.15) is 19.4 Å². The predicted molar refractivity (Wildman–Crippen MR) is 92.5 cm³/mol. The molecule has 2 amide bonds. The normalized spacial score (nSPS) is 20.5. The lowest BCUT2D eigenvalue weighted by Crippen LogP contribution is -2.64. The lowest BCUT2D eigenvalue weighted by atomic mass is 10.0. The van der Waals surface area contributed by atoms with E-state index in [1.807, 2.05) is 50.4 Å². The second-order valence-electron chi connectivity index (χ2n) is 5.68. The summed E-state index contributed by atoms with van der Waals surface area (Å²) in [4.78, 5) is 22.9. The van der Waals surface area contributed by atoms with Crippen molar-refractivity contribution in [2.45, 2.75) is 25.1 Å². The van der Waals surface area contributed by atoms with Crippen molar-refractivity contribution in [1.82, 2.24) is 10.6 Å². The number of allylic oxidation sites excluding steroid dienone is 1. The molecule has 0 spiro atoms. The standard InChI is InChI=1S/C17H22N2O3S/c1-12(2)8-9-22-14-6-4-13(5-7-14)10-17(23-3)16(21)18-11-15(20)19-17/h4-8H,9-11H2,1-3H3,(H,18,21)(H,19,20)/t17-/m0/s1. The van der Waals surface area contributed by atoms with E-state index >= 15 is 0 Å². The van der Waals surface area contributed by atoms with Crippen LogP contribution in [0.25, 0.3) is 0 Å². The third-order valence-corrected chi connectivity index (χ3v) is 4.71. The Morgan fingerprint density at radius 1 is 1.30 bits per heavy atom. The molecule has 2 N–H and O–H groups in total. The van der Waals surface area contributed by atoms with Gasteiger partial charge < -0.3 is 15.4 Å². The van der Waals surface area contributed by atoms with Gasteiger partial charge in [-0.1, -0.05) is 17.7 Å². The molecule has 6 heteroatoms. The van der Waals surface area contributed by atoms with E-state index in [9.17, 15) is 9.59 Å². The summed E-state index contributed by atoms with van der Waals surface area (Å²) in [5.41, 5.74) is 2.17. The highest BCUT2D eigenvalue weighted by molar-refractivity contribution is 8.00. The van der Waals surface area contributed by atoms with Gasteiger partial charge in [-0.3, -0.25) is 9.59 Å². The van der Waals surface area contributed by atoms with Crippen molar-refractivity contribution >= 4 is 23.6 Å². The molecule has 1 aliphatic rings. The maximum atomic E-state index is 12.2. The van der Waals surface area contributed by atoms with Gasteiger partial charge in [-0.15, -0.1) is 11.8 Å². The van der Waals surface area contributed by atoms with Crippen molar-refractivity contribution in [1.29, 1.82) is 0 Å². The van der Waals surface area contributed by atoms with Crippen LogP contribution in [0.4, 0.5) is 0 Å². The highest BCUT2D eigenvalue weighted by Gasteiger charge is 2.42. The molecule has 0 bridgehead atoms. The first kappa shape index (κ1) is 17.4. The van der Waals surface area contributed by atoms with Crippen molar-refractivity contribution in [2.75, 3.05) is 19.4 Å². The number of nitrogens with one attached hydrogen (secondary N) is 2. The topological polar surface area (TPSA) is 67.4 Å². The zero-order chi connectivity index (χ0) is 16.9. The Hall–Kier alpha value is -1.95. The monoisotopic (exact) mass is 334 g/mol. The highest BCUT2D eigenvalue weighted by Crippen LogP contribution is 2.27. The molecule has 1 aromatic carbocycles. The van der Waals surface area contributed by atoms with Crippen molar-refractivity contribution < 1.29 is 14.3 Å². The van der Waals surface area contributed by atoms with Crippen LogP contribution in [0.15, 0.2) is 35.9 Å². The van der Waals surface area contributed by atoms with Gasteiger partial charge in [-0.2, -0.15) is 0 Å². The average molecular weight is 334 g/mol. The van der Waals surface area contributed by atoms with Gasteiger partial charge in [0.05, 0.1) is 6.54 Å². The van der Waals surface area contributed by atoms with Gasteiger partial charge in [0.15, 0.2) is 4.87 Å². The number of piperazine rings is 1. The molecule has 0 aromatic heterocycles. The molecule has 1 fully saturated rings. The van der Waals surface area contributed by atoms with Crippen LogP contribution in [0.3, 0.4) is 0 Å². The SMILES string of the molecule is CS[C@]1(Cc2ccc(OCC=C(C)C)cc2)NC(=O)CNC1=O. The van der Waals surface area contributed by atoms with Gasteiger partial charge >= 0.3 is 0 Å². The van der Waals surface area contributed by atoms with E-state index in [4.69, 9.17) is 4.74 Å². The molecule has 2 rings (SSSR count). The lowest BCUT2D eigenvalue weighted by molar-refractivity contribution is -0.134. The quantitative estimate of drug-likeness (QED) is 0.780. The fraction of sp³-hybridized carbons (Fsp3) is 0.412. The third kappa shape index (κ3) is 4.51. The van der Waals surface area contributed by atoms with Crippen molar-refractivity contribution in [3.63, 3.8) is 0 Å². The van der Waals surface area contributed by atoms with Gasteiger partial charge in [-0.05, 0) is 43.9 Å². The zero-order valence-electron chi connectivity index (χ0n) is 13.6. The molecule has 1 aliphatic heterocycles. The average Bonchev–Trinajstić information content (AvgIpc) is 2.52. The molecular formula is C17H22N2O3S. The minimum absolute atomic E-state index is 0.0400. The van der Waals surface area contributed by atoms with E-state index in [0.29, 0.717) is 13.0 Å². The molecule has 1 atom stereocenters. The molecule has 1 heterocycles. The summed E-state index contributed by atoms with van der Waals surface area (Å²) < 4.78 is 5.62. The minimum atomic E-state index is -0.945. The molecule has 0 saturated carbocycles. The first-order valence-electron chi connectivity index (χ1n) is 7.45. The Morgan fingerprint density at radius 2 is 2.00 bits per heavy atom. The minimum Gasteiger partial charge on any atom is -0.490 e. The summed E-state index contributed by atoms with van der Waals surface area (Å²) >= 11 is 1.34. The second-order valence-corrected chi connectivity index (χ2v) is 6.78. The molecule has 1 aromatic rings. The van der Waals surface area contributed by atoms with Crippen LogP contribution in [0.5, 0.6) is 5.75 Å². The van der Waals surface area contributed by atoms with Crippen LogP contribution in [-0.4, -0.2) is 36.1 Å². The highest BCUT2D eigenvalue weighted by atomic mass is 32.2. The maximum Gasteiger partial charge on any atom is 0.257 e. The van der Waals surface area contributed by atoms with E-state index in [1.54, 1.807) is 0 Å². The van der Waals surface area contributed by atoms with Gasteiger partial charge in [0.1, 0.15) is 12.4 Å². The smallest absolute Gasteiger partial charge is 0.257 e. The van der Waals surface area contributed by atoms with Crippen molar-refractivity contribution in [3.8, 4) is 5.75 Å². The molecule has 23 heavy (non-hydrogen) atoms. The number of carbonyl (C=O) groups excluding carboxylic acids is 2. The first-order valence-corrected chi connectivity index (χ1v) is 8.67. The predicted octanol–water partition coefficient (Wildman–Crippen LogP) is 1.88. The second kappa shape index (κ2) is 7.55. The van der Waals surface area contributed by atoms with Gasteiger partial charge in [0.25, 0.3) is 5.91 Å². The van der Waals surface area contributed by atoms with Crippen LogP contribution in [0, 0.1) is 0 Å². The van der Waals surface area contributed by atoms with Crippen molar-refractivity contribution in [3.05, 3.63) is 41.5 Å². The number of amides is 2. The van der Waals surface area contributed by atoms with Gasteiger partial charge in [-0.25, -0.2) is 0 Å².